The van der Waals surface area contributed by atoms with Gasteiger partial charge in [-0.2, -0.15) is 0 Å². The van der Waals surface area contributed by atoms with Crippen LogP contribution in [-0.4, -0.2) is 60.7 Å². The zero-order chi connectivity index (χ0) is 21.3. The molecule has 0 amide bonds. The van der Waals surface area contributed by atoms with Crippen LogP contribution in [0.1, 0.15) is 36.8 Å². The second-order valence-electron chi connectivity index (χ2n) is 8.20. The maximum Gasteiger partial charge on any atom is 0.119 e. The molecule has 2 unspecified atom stereocenters. The van der Waals surface area contributed by atoms with Crippen LogP contribution in [0.4, 0.5) is 0 Å². The molecule has 1 fully saturated rings. The summed E-state index contributed by atoms with van der Waals surface area (Å²) in [7, 11) is 3.39. The van der Waals surface area contributed by atoms with E-state index in [0.29, 0.717) is 18.6 Å². The Kier molecular flexibility index (Phi) is 10.6. The van der Waals surface area contributed by atoms with Crippen LogP contribution < -0.4 is 9.47 Å². The lowest BCUT2D eigenvalue weighted by Gasteiger charge is -2.32. The molecule has 0 aliphatic carbocycles. The molecular formula is C25H36ClNO4. The van der Waals surface area contributed by atoms with E-state index in [4.69, 9.17) is 9.47 Å². The zero-order valence-corrected chi connectivity index (χ0v) is 19.4. The van der Waals surface area contributed by atoms with Gasteiger partial charge >= 0.3 is 0 Å². The Labute approximate surface area is 192 Å². The number of halogens is 1. The molecule has 1 saturated heterocycles. The molecule has 5 nitrogen and oxygen atoms in total. The summed E-state index contributed by atoms with van der Waals surface area (Å²) in [4.78, 5) is 2.43. The molecule has 0 aromatic heterocycles. The summed E-state index contributed by atoms with van der Waals surface area (Å²) < 4.78 is 10.7. The Balaban J connectivity index is 0.00000341. The van der Waals surface area contributed by atoms with E-state index in [9.17, 15) is 10.2 Å². The number of hydrogen-bond donors (Lipinski definition) is 2. The lowest BCUT2D eigenvalue weighted by atomic mass is 10.0. The molecule has 2 aromatic rings. The van der Waals surface area contributed by atoms with Crippen LogP contribution in [-0.2, 0) is 12.8 Å². The molecule has 31 heavy (non-hydrogen) atoms. The van der Waals surface area contributed by atoms with Crippen LogP contribution in [0, 0.1) is 0 Å². The van der Waals surface area contributed by atoms with Gasteiger partial charge < -0.3 is 19.7 Å². The van der Waals surface area contributed by atoms with Gasteiger partial charge in [0.05, 0.1) is 26.9 Å². The van der Waals surface area contributed by atoms with Crippen molar-refractivity contribution in [2.75, 3.05) is 27.4 Å². The van der Waals surface area contributed by atoms with E-state index >= 15 is 0 Å². The Morgan fingerprint density at radius 3 is 1.81 bits per heavy atom. The lowest BCUT2D eigenvalue weighted by Crippen LogP contribution is -2.42. The number of aliphatic hydroxyl groups excluding tert-OH is 2. The predicted molar refractivity (Wildman–Crippen MR) is 126 cm³/mol. The molecule has 1 aliphatic rings. The number of aryl methyl sites for hydroxylation is 2. The molecule has 172 valence electrons. The predicted octanol–water partition coefficient (Wildman–Crippen LogP) is 3.88. The van der Waals surface area contributed by atoms with Gasteiger partial charge in [-0.1, -0.05) is 24.3 Å². The van der Waals surface area contributed by atoms with E-state index in [2.05, 4.69) is 29.2 Å². The SMILES string of the molecule is COc1cccc(CCC2CCC(CCc3cccc(OC)c3)N2C[C@@H](O)CO)c1.Cl. The fourth-order valence-electron chi connectivity index (χ4n) is 4.56. The maximum absolute atomic E-state index is 10.1. The highest BCUT2D eigenvalue weighted by molar-refractivity contribution is 5.85. The highest BCUT2D eigenvalue weighted by Gasteiger charge is 2.33. The first-order valence-electron chi connectivity index (χ1n) is 10.9. The smallest absolute Gasteiger partial charge is 0.119 e. The summed E-state index contributed by atoms with van der Waals surface area (Å²) in [5, 5.41) is 19.5. The van der Waals surface area contributed by atoms with Crippen molar-refractivity contribution < 1.29 is 19.7 Å². The molecule has 3 atom stereocenters. The van der Waals surface area contributed by atoms with E-state index in [1.807, 2.05) is 24.3 Å². The van der Waals surface area contributed by atoms with Gasteiger partial charge in [-0.3, -0.25) is 4.90 Å². The molecule has 1 heterocycles. The summed E-state index contributed by atoms with van der Waals surface area (Å²) in [6, 6.07) is 17.3. The number of likely N-dealkylation sites (tertiary alicyclic amines) is 1. The van der Waals surface area contributed by atoms with Gasteiger partial charge in [0.25, 0.3) is 0 Å². The van der Waals surface area contributed by atoms with Gasteiger partial charge in [0.1, 0.15) is 11.5 Å². The molecule has 0 bridgehead atoms. The second-order valence-corrected chi connectivity index (χ2v) is 8.20. The average Bonchev–Trinajstić information content (AvgIpc) is 3.17. The molecule has 0 saturated carbocycles. The van der Waals surface area contributed by atoms with Crippen molar-refractivity contribution in [1.29, 1.82) is 0 Å². The van der Waals surface area contributed by atoms with E-state index in [1.54, 1.807) is 14.2 Å². The van der Waals surface area contributed by atoms with E-state index in [0.717, 1.165) is 50.0 Å². The second kappa shape index (κ2) is 12.9. The van der Waals surface area contributed by atoms with Gasteiger partial charge in [0.2, 0.25) is 0 Å². The number of nitrogens with zero attached hydrogens (tertiary/aromatic N) is 1. The van der Waals surface area contributed by atoms with Crippen LogP contribution >= 0.6 is 12.4 Å². The summed E-state index contributed by atoms with van der Waals surface area (Å²) in [6.45, 7) is 0.337. The zero-order valence-electron chi connectivity index (χ0n) is 18.6. The molecular weight excluding hydrogens is 414 g/mol. The Morgan fingerprint density at radius 2 is 1.39 bits per heavy atom. The Morgan fingerprint density at radius 1 is 0.903 bits per heavy atom. The Hall–Kier alpha value is -1.79. The molecule has 0 spiro atoms. The van der Waals surface area contributed by atoms with Crippen LogP contribution in [0.2, 0.25) is 0 Å². The topological polar surface area (TPSA) is 62.2 Å². The van der Waals surface area contributed by atoms with Gasteiger partial charge in [0, 0.05) is 18.6 Å². The van der Waals surface area contributed by atoms with Crippen molar-refractivity contribution in [2.24, 2.45) is 0 Å². The third-order valence-corrected chi connectivity index (χ3v) is 6.20. The van der Waals surface area contributed by atoms with E-state index in [1.165, 1.54) is 11.1 Å². The van der Waals surface area contributed by atoms with Crippen LogP contribution in [0.25, 0.3) is 0 Å². The highest BCUT2D eigenvalue weighted by Crippen LogP contribution is 2.31. The minimum Gasteiger partial charge on any atom is -0.497 e. The van der Waals surface area contributed by atoms with Crippen LogP contribution in [0.5, 0.6) is 11.5 Å². The number of ether oxygens (including phenoxy) is 2. The van der Waals surface area contributed by atoms with Gasteiger partial charge in [-0.05, 0) is 73.9 Å². The number of methoxy groups -OCH3 is 2. The molecule has 1 aliphatic heterocycles. The first-order chi connectivity index (χ1) is 14.6. The van der Waals surface area contributed by atoms with Crippen LogP contribution in [0.15, 0.2) is 48.5 Å². The minimum atomic E-state index is -0.693. The average molecular weight is 450 g/mol. The number of hydrogen-bond acceptors (Lipinski definition) is 5. The summed E-state index contributed by atoms with van der Waals surface area (Å²) in [5.74, 6) is 1.78. The quantitative estimate of drug-likeness (QED) is 0.545. The van der Waals surface area contributed by atoms with Gasteiger partial charge in [0.15, 0.2) is 0 Å². The van der Waals surface area contributed by atoms with Crippen molar-refractivity contribution in [1.82, 2.24) is 4.90 Å². The number of β-amino-alcohol motifs (C(OH)–C–C–N with tert-alkyl or cyclic N) is 1. The molecule has 2 N–H and O–H groups in total. The van der Waals surface area contributed by atoms with Crippen molar-refractivity contribution in [2.45, 2.75) is 56.7 Å². The van der Waals surface area contributed by atoms with Crippen molar-refractivity contribution in [3.05, 3.63) is 59.7 Å². The first-order valence-corrected chi connectivity index (χ1v) is 10.9. The molecule has 0 radical (unpaired) electrons. The van der Waals surface area contributed by atoms with Crippen molar-refractivity contribution in [3.8, 4) is 11.5 Å². The molecule has 2 aromatic carbocycles. The van der Waals surface area contributed by atoms with Gasteiger partial charge in [-0.15, -0.1) is 12.4 Å². The monoisotopic (exact) mass is 449 g/mol. The number of benzene rings is 2. The molecule has 3 rings (SSSR count). The Bertz CT molecular complexity index is 728. The van der Waals surface area contributed by atoms with Crippen LogP contribution in [0.3, 0.4) is 0 Å². The third-order valence-electron chi connectivity index (χ3n) is 6.20. The maximum atomic E-state index is 10.1. The summed E-state index contributed by atoms with van der Waals surface area (Å²) in [6.07, 6.45) is 5.62. The molecule has 6 heteroatoms. The van der Waals surface area contributed by atoms with Crippen molar-refractivity contribution >= 4 is 12.4 Å². The number of aliphatic hydroxyl groups is 2. The fraction of sp³-hybridized carbons (Fsp3) is 0.520. The minimum absolute atomic E-state index is 0. The van der Waals surface area contributed by atoms with Crippen molar-refractivity contribution in [3.63, 3.8) is 0 Å². The summed E-state index contributed by atoms with van der Waals surface area (Å²) in [5.41, 5.74) is 2.55. The van der Waals surface area contributed by atoms with E-state index < -0.39 is 6.10 Å². The van der Waals surface area contributed by atoms with E-state index in [-0.39, 0.29) is 19.0 Å². The summed E-state index contributed by atoms with van der Waals surface area (Å²) >= 11 is 0. The third kappa shape index (κ3) is 7.39. The first kappa shape index (κ1) is 25.5. The largest absolute Gasteiger partial charge is 0.497 e. The number of rotatable bonds is 11. The normalized spacial score (nSPS) is 19.6. The van der Waals surface area contributed by atoms with Gasteiger partial charge in [-0.25, -0.2) is 0 Å². The fourth-order valence-corrected chi connectivity index (χ4v) is 4.56. The standard InChI is InChI=1S/C25H35NO4.ClH/c1-29-24-7-3-5-19(15-24)9-11-21-13-14-22(26(21)17-23(28)18-27)12-10-20-6-4-8-25(16-20)30-2;/h3-8,15-16,21-23,27-28H,9-14,17-18H2,1-2H3;1H/t21?,22?,23-;/m1./s1. The lowest BCUT2D eigenvalue weighted by molar-refractivity contribution is 0.0393. The highest BCUT2D eigenvalue weighted by atomic mass is 35.5.